The van der Waals surface area contributed by atoms with Crippen LogP contribution in [-0.2, 0) is 16.8 Å². The van der Waals surface area contributed by atoms with Gasteiger partial charge in [-0.2, -0.15) is 0 Å². The molecule has 3 aliphatic heterocycles. The Hall–Kier alpha value is -1.40. The van der Waals surface area contributed by atoms with Crippen molar-refractivity contribution in [1.82, 2.24) is 10.2 Å². The Balaban J connectivity index is 0.00000218. The zero-order valence-corrected chi connectivity index (χ0v) is 19.2. The van der Waals surface area contributed by atoms with Crippen molar-refractivity contribution in [2.24, 2.45) is 0 Å². The van der Waals surface area contributed by atoms with Crippen molar-refractivity contribution in [1.29, 1.82) is 0 Å². The summed E-state index contributed by atoms with van der Waals surface area (Å²) in [4.78, 5) is 17.8. The molecule has 4 heterocycles. The van der Waals surface area contributed by atoms with E-state index in [1.165, 1.54) is 28.0 Å². The van der Waals surface area contributed by atoms with Gasteiger partial charge >= 0.3 is 0 Å². The smallest absolute Gasteiger partial charge is 0.263 e. The number of likely N-dealkylation sites (tertiary alicyclic amines) is 1. The second-order valence-corrected chi connectivity index (χ2v) is 9.87. The summed E-state index contributed by atoms with van der Waals surface area (Å²) in [6.45, 7) is 6.64. The van der Waals surface area contributed by atoms with Crippen LogP contribution in [-0.4, -0.2) is 43.6 Å². The summed E-state index contributed by atoms with van der Waals surface area (Å²) in [6, 6.07) is 10.8. The van der Waals surface area contributed by atoms with Crippen molar-refractivity contribution < 1.29 is 9.53 Å². The molecule has 1 spiro atoms. The Morgan fingerprint density at radius 3 is 2.87 bits per heavy atom. The highest BCUT2D eigenvalue weighted by Gasteiger charge is 2.41. The molecule has 1 N–H and O–H groups in total. The van der Waals surface area contributed by atoms with Gasteiger partial charge in [-0.05, 0) is 68.5 Å². The zero-order valence-electron chi connectivity index (χ0n) is 17.6. The second kappa shape index (κ2) is 8.99. The Morgan fingerprint density at radius 2 is 2.07 bits per heavy atom. The number of halogens is 1. The van der Waals surface area contributed by atoms with Gasteiger partial charge in [-0.1, -0.05) is 24.3 Å². The van der Waals surface area contributed by atoms with Crippen LogP contribution in [0.2, 0.25) is 0 Å². The number of nitrogens with zero attached hydrogens (tertiary/aromatic N) is 1. The molecule has 4 nitrogen and oxygen atoms in total. The van der Waals surface area contributed by atoms with Gasteiger partial charge in [0.25, 0.3) is 5.91 Å². The molecule has 5 rings (SSSR count). The first kappa shape index (κ1) is 21.8. The van der Waals surface area contributed by atoms with E-state index >= 15 is 0 Å². The van der Waals surface area contributed by atoms with E-state index < -0.39 is 0 Å². The Kier molecular flexibility index (Phi) is 6.54. The quantitative estimate of drug-likeness (QED) is 0.730. The van der Waals surface area contributed by atoms with Gasteiger partial charge in [0.05, 0.1) is 17.1 Å². The average molecular weight is 447 g/mol. The van der Waals surface area contributed by atoms with Gasteiger partial charge in [0, 0.05) is 30.3 Å². The first-order valence-corrected chi connectivity index (χ1v) is 11.8. The number of benzene rings is 1. The third-order valence-electron chi connectivity index (χ3n) is 6.97. The second-order valence-electron chi connectivity index (χ2n) is 8.74. The number of nitrogens with one attached hydrogen (secondary N) is 1. The van der Waals surface area contributed by atoms with Gasteiger partial charge in [0.15, 0.2) is 0 Å². The highest BCUT2D eigenvalue weighted by molar-refractivity contribution is 7.14. The summed E-state index contributed by atoms with van der Waals surface area (Å²) in [5, 5.41) is 3.44. The fraction of sp³-hybridized carbons (Fsp3) is 0.542. The Bertz CT molecular complexity index is 906. The number of aryl methyl sites for hydroxylation is 1. The lowest BCUT2D eigenvalue weighted by Crippen LogP contribution is -2.44. The van der Waals surface area contributed by atoms with Crippen molar-refractivity contribution in [3.63, 3.8) is 0 Å². The van der Waals surface area contributed by atoms with Crippen LogP contribution in [0.5, 0.6) is 0 Å². The lowest BCUT2D eigenvalue weighted by molar-refractivity contribution is -0.0792. The van der Waals surface area contributed by atoms with Gasteiger partial charge in [-0.15, -0.1) is 23.7 Å². The number of thiophene rings is 1. The van der Waals surface area contributed by atoms with E-state index in [0.29, 0.717) is 5.92 Å². The van der Waals surface area contributed by atoms with Crippen LogP contribution in [0.1, 0.15) is 62.8 Å². The minimum atomic E-state index is -0.167. The fourth-order valence-electron chi connectivity index (χ4n) is 5.38. The maximum absolute atomic E-state index is 13.4. The summed E-state index contributed by atoms with van der Waals surface area (Å²) in [7, 11) is 0. The van der Waals surface area contributed by atoms with Crippen molar-refractivity contribution in [3.05, 3.63) is 56.8 Å². The van der Waals surface area contributed by atoms with Crippen molar-refractivity contribution >= 4 is 29.7 Å². The Morgan fingerprint density at radius 1 is 1.27 bits per heavy atom. The van der Waals surface area contributed by atoms with E-state index in [1.807, 2.05) is 0 Å². The molecule has 1 aromatic carbocycles. The number of ether oxygens (including phenoxy) is 1. The summed E-state index contributed by atoms with van der Waals surface area (Å²) in [5.74, 6) is 0.661. The standard InChI is InChI=1S/C24H30N2O2S.ClH/c1-17-5-2-3-7-19(17)18-6-4-13-26(16-18)23(27)22-15-20-21(29-22)8-14-28-24(20)9-11-25-12-10-24;/h2-3,5,7,15,18,25H,4,6,8-14,16H2,1H3;1H. The first-order valence-electron chi connectivity index (χ1n) is 11.0. The van der Waals surface area contributed by atoms with Crippen LogP contribution in [0.3, 0.4) is 0 Å². The molecule has 0 bridgehead atoms. The predicted molar refractivity (Wildman–Crippen MR) is 124 cm³/mol. The molecule has 0 saturated carbocycles. The minimum Gasteiger partial charge on any atom is -0.370 e. The lowest BCUT2D eigenvalue weighted by atomic mass is 9.83. The predicted octanol–water partition coefficient (Wildman–Crippen LogP) is 4.65. The highest BCUT2D eigenvalue weighted by atomic mass is 35.5. The summed E-state index contributed by atoms with van der Waals surface area (Å²) >= 11 is 1.71. The number of hydrogen-bond donors (Lipinski definition) is 1. The molecule has 0 radical (unpaired) electrons. The van der Waals surface area contributed by atoms with E-state index in [0.717, 1.165) is 63.3 Å². The molecule has 1 amide bonds. The van der Waals surface area contributed by atoms with Crippen LogP contribution in [0.15, 0.2) is 30.3 Å². The lowest BCUT2D eigenvalue weighted by Gasteiger charge is -2.40. The van der Waals surface area contributed by atoms with Gasteiger partial charge < -0.3 is 15.0 Å². The van der Waals surface area contributed by atoms with Crippen LogP contribution in [0.4, 0.5) is 0 Å². The van der Waals surface area contributed by atoms with E-state index in [4.69, 9.17) is 4.74 Å². The van der Waals surface area contributed by atoms with Crippen LogP contribution in [0.25, 0.3) is 0 Å². The third kappa shape index (κ3) is 3.93. The molecule has 2 aromatic rings. The van der Waals surface area contributed by atoms with Crippen LogP contribution < -0.4 is 5.32 Å². The van der Waals surface area contributed by atoms with Crippen LogP contribution in [0, 0.1) is 6.92 Å². The van der Waals surface area contributed by atoms with E-state index in [1.54, 1.807) is 11.3 Å². The molecule has 30 heavy (non-hydrogen) atoms. The number of fused-ring (bicyclic) bond motifs is 2. The highest BCUT2D eigenvalue weighted by Crippen LogP contribution is 2.44. The molecule has 162 valence electrons. The first-order chi connectivity index (χ1) is 14.2. The summed E-state index contributed by atoms with van der Waals surface area (Å²) in [6.07, 6.45) is 5.19. The maximum atomic E-state index is 13.4. The third-order valence-corrected chi connectivity index (χ3v) is 8.15. The van der Waals surface area contributed by atoms with Gasteiger partial charge in [0.2, 0.25) is 0 Å². The topological polar surface area (TPSA) is 41.6 Å². The monoisotopic (exact) mass is 446 g/mol. The number of hydrogen-bond acceptors (Lipinski definition) is 4. The fourth-order valence-corrected chi connectivity index (χ4v) is 6.58. The van der Waals surface area contributed by atoms with Crippen molar-refractivity contribution in [3.8, 4) is 0 Å². The molecule has 1 unspecified atom stereocenters. The Labute approximate surface area is 189 Å². The normalized spacial score (nSPS) is 23.0. The summed E-state index contributed by atoms with van der Waals surface area (Å²) in [5.41, 5.74) is 3.87. The molecule has 0 aliphatic carbocycles. The molecule has 3 aliphatic rings. The van der Waals surface area contributed by atoms with Gasteiger partial charge in [0.1, 0.15) is 0 Å². The molecule has 1 atom stereocenters. The molecule has 2 fully saturated rings. The number of carbonyl (C=O) groups excluding carboxylic acids is 1. The van der Waals surface area contributed by atoms with Crippen LogP contribution >= 0.6 is 23.7 Å². The number of rotatable bonds is 2. The molecular formula is C24H31ClN2O2S. The van der Waals surface area contributed by atoms with E-state index in [9.17, 15) is 4.79 Å². The molecule has 6 heteroatoms. The molecule has 1 aromatic heterocycles. The van der Waals surface area contributed by atoms with Crippen molar-refractivity contribution in [2.45, 2.75) is 50.5 Å². The van der Waals surface area contributed by atoms with E-state index in [2.05, 4.69) is 47.5 Å². The zero-order chi connectivity index (χ0) is 19.8. The van der Waals surface area contributed by atoms with Gasteiger partial charge in [-0.25, -0.2) is 0 Å². The van der Waals surface area contributed by atoms with Gasteiger partial charge in [-0.3, -0.25) is 4.79 Å². The molecular weight excluding hydrogens is 416 g/mol. The average Bonchev–Trinajstić information content (AvgIpc) is 3.20. The largest absolute Gasteiger partial charge is 0.370 e. The van der Waals surface area contributed by atoms with E-state index in [-0.39, 0.29) is 23.9 Å². The molecule has 2 saturated heterocycles. The number of piperidine rings is 2. The summed E-state index contributed by atoms with van der Waals surface area (Å²) < 4.78 is 6.30. The maximum Gasteiger partial charge on any atom is 0.263 e. The SMILES string of the molecule is Cc1ccccc1C1CCCN(C(=O)c2cc3c(s2)CCOC32CCNCC2)C1.Cl. The van der Waals surface area contributed by atoms with Crippen molar-refractivity contribution in [2.75, 3.05) is 32.8 Å². The number of carbonyl (C=O) groups is 1. The minimum absolute atomic E-state index is 0. The number of amides is 1.